The lowest BCUT2D eigenvalue weighted by Gasteiger charge is -2.11. The molecule has 0 aliphatic carbocycles. The number of carbonyl (C=O) groups excluding carboxylic acids is 1. The molecule has 24 heavy (non-hydrogen) atoms. The van der Waals surface area contributed by atoms with Gasteiger partial charge in [0.05, 0.1) is 18.9 Å². The Labute approximate surface area is 147 Å². The number of halogens is 1. The number of ether oxygens (including phenoxy) is 2. The van der Waals surface area contributed by atoms with Crippen molar-refractivity contribution in [3.8, 4) is 11.5 Å². The fourth-order valence-corrected chi connectivity index (χ4v) is 2.25. The first kappa shape index (κ1) is 18.1. The molecule has 0 saturated carbocycles. The van der Waals surface area contributed by atoms with Crippen molar-refractivity contribution in [2.24, 2.45) is 5.92 Å². The van der Waals surface area contributed by atoms with Gasteiger partial charge in [-0.05, 0) is 42.5 Å². The molecule has 0 radical (unpaired) electrons. The minimum atomic E-state index is -0.0545. The Kier molecular flexibility index (Phi) is 6.50. The van der Waals surface area contributed by atoms with E-state index in [2.05, 4.69) is 0 Å². The molecule has 5 heteroatoms. The smallest absolute Gasteiger partial charge is 0.165 e. The summed E-state index contributed by atoms with van der Waals surface area (Å²) >= 11 is 5.82. The molecule has 2 aromatic carbocycles. The van der Waals surface area contributed by atoms with E-state index in [0.717, 1.165) is 12.2 Å². The Morgan fingerprint density at radius 3 is 2.38 bits per heavy atom. The standard InChI is InChI=1S/C19H22ClNO3/c1-13(2)19(22)14-4-9-18(17(21)12-14)24-11-3-10-23-16-7-5-15(20)6-8-16/h4-9,12-13H,3,10-11,21H2,1-2H3. The van der Waals surface area contributed by atoms with E-state index in [1.807, 2.05) is 26.0 Å². The minimum absolute atomic E-state index is 0.0545. The molecule has 0 heterocycles. The number of Topliss-reactive ketones (excluding diaryl/α,β-unsaturated/α-hetero) is 1. The molecule has 4 nitrogen and oxygen atoms in total. The predicted molar refractivity (Wildman–Crippen MR) is 97.1 cm³/mol. The van der Waals surface area contributed by atoms with Gasteiger partial charge in [-0.15, -0.1) is 0 Å². The van der Waals surface area contributed by atoms with Gasteiger partial charge in [-0.3, -0.25) is 4.79 Å². The second-order valence-electron chi connectivity index (χ2n) is 5.78. The van der Waals surface area contributed by atoms with Crippen LogP contribution >= 0.6 is 11.6 Å². The molecule has 0 saturated heterocycles. The number of hydrogen-bond acceptors (Lipinski definition) is 4. The molecule has 0 aromatic heterocycles. The molecular formula is C19H22ClNO3. The molecule has 0 aliphatic rings. The largest absolute Gasteiger partial charge is 0.493 e. The Hall–Kier alpha value is -2.20. The zero-order valence-electron chi connectivity index (χ0n) is 13.9. The third-order valence-electron chi connectivity index (χ3n) is 3.45. The van der Waals surface area contributed by atoms with E-state index in [-0.39, 0.29) is 11.7 Å². The summed E-state index contributed by atoms with van der Waals surface area (Å²) < 4.78 is 11.2. The van der Waals surface area contributed by atoms with E-state index >= 15 is 0 Å². The van der Waals surface area contributed by atoms with E-state index < -0.39 is 0 Å². The summed E-state index contributed by atoms with van der Waals surface area (Å²) in [6.07, 6.45) is 0.717. The van der Waals surface area contributed by atoms with Crippen LogP contribution in [0, 0.1) is 5.92 Å². The first-order valence-corrected chi connectivity index (χ1v) is 8.30. The van der Waals surface area contributed by atoms with Gasteiger partial charge in [-0.2, -0.15) is 0 Å². The lowest BCUT2D eigenvalue weighted by atomic mass is 10.0. The maximum absolute atomic E-state index is 11.9. The molecule has 0 bridgehead atoms. The number of rotatable bonds is 8. The van der Waals surface area contributed by atoms with Crippen molar-refractivity contribution in [3.05, 3.63) is 53.1 Å². The van der Waals surface area contributed by atoms with Crippen LogP contribution in [0.15, 0.2) is 42.5 Å². The second-order valence-corrected chi connectivity index (χ2v) is 6.21. The van der Waals surface area contributed by atoms with Gasteiger partial charge in [0.25, 0.3) is 0 Å². The molecule has 0 amide bonds. The Morgan fingerprint density at radius 2 is 1.75 bits per heavy atom. The topological polar surface area (TPSA) is 61.5 Å². The van der Waals surface area contributed by atoms with Crippen molar-refractivity contribution in [1.29, 1.82) is 0 Å². The van der Waals surface area contributed by atoms with Crippen LogP contribution in [0.5, 0.6) is 11.5 Å². The van der Waals surface area contributed by atoms with E-state index in [0.29, 0.717) is 35.2 Å². The van der Waals surface area contributed by atoms with Crippen molar-refractivity contribution in [1.82, 2.24) is 0 Å². The highest BCUT2D eigenvalue weighted by Crippen LogP contribution is 2.24. The van der Waals surface area contributed by atoms with Gasteiger partial charge in [0.2, 0.25) is 0 Å². The summed E-state index contributed by atoms with van der Waals surface area (Å²) in [4.78, 5) is 11.9. The predicted octanol–water partition coefficient (Wildman–Crippen LogP) is 4.61. The second kappa shape index (κ2) is 8.60. The van der Waals surface area contributed by atoms with E-state index in [1.165, 1.54) is 0 Å². The van der Waals surface area contributed by atoms with Crippen LogP contribution in [0.2, 0.25) is 5.02 Å². The fraction of sp³-hybridized carbons (Fsp3) is 0.316. The van der Waals surface area contributed by atoms with Gasteiger partial charge >= 0.3 is 0 Å². The average Bonchev–Trinajstić information content (AvgIpc) is 2.56. The SMILES string of the molecule is CC(C)C(=O)c1ccc(OCCCOc2ccc(Cl)cc2)c(N)c1. The van der Waals surface area contributed by atoms with Crippen LogP contribution < -0.4 is 15.2 Å². The number of carbonyl (C=O) groups is 1. The van der Waals surface area contributed by atoms with Crippen molar-refractivity contribution < 1.29 is 14.3 Å². The first-order chi connectivity index (χ1) is 11.5. The first-order valence-electron chi connectivity index (χ1n) is 7.92. The highest BCUT2D eigenvalue weighted by molar-refractivity contribution is 6.30. The number of anilines is 1. The summed E-state index contributed by atoms with van der Waals surface area (Å²) in [5.74, 6) is 1.38. The normalized spacial score (nSPS) is 10.7. The van der Waals surface area contributed by atoms with E-state index in [4.69, 9.17) is 26.8 Å². The van der Waals surface area contributed by atoms with E-state index in [9.17, 15) is 4.79 Å². The highest BCUT2D eigenvalue weighted by atomic mass is 35.5. The highest BCUT2D eigenvalue weighted by Gasteiger charge is 2.12. The van der Waals surface area contributed by atoms with Crippen molar-refractivity contribution in [3.63, 3.8) is 0 Å². The van der Waals surface area contributed by atoms with E-state index in [1.54, 1.807) is 30.3 Å². The van der Waals surface area contributed by atoms with Crippen LogP contribution in [-0.2, 0) is 0 Å². The maximum Gasteiger partial charge on any atom is 0.165 e. The molecule has 0 aliphatic heterocycles. The lowest BCUT2D eigenvalue weighted by molar-refractivity contribution is 0.0939. The van der Waals surface area contributed by atoms with Crippen LogP contribution in [-0.4, -0.2) is 19.0 Å². The third kappa shape index (κ3) is 5.17. The number of ketones is 1. The number of nitrogens with two attached hydrogens (primary N) is 1. The van der Waals surface area contributed by atoms with Crippen LogP contribution in [0.3, 0.4) is 0 Å². The van der Waals surface area contributed by atoms with Crippen molar-refractivity contribution in [2.75, 3.05) is 18.9 Å². The summed E-state index contributed by atoms with van der Waals surface area (Å²) in [6, 6.07) is 12.4. The van der Waals surface area contributed by atoms with Gasteiger partial charge in [-0.25, -0.2) is 0 Å². The Morgan fingerprint density at radius 1 is 1.08 bits per heavy atom. The zero-order chi connectivity index (χ0) is 17.5. The summed E-state index contributed by atoms with van der Waals surface area (Å²) in [5.41, 5.74) is 7.04. The number of nitrogen functional groups attached to an aromatic ring is 1. The molecule has 0 unspecified atom stereocenters. The Bertz CT molecular complexity index is 684. The van der Waals surface area contributed by atoms with Gasteiger partial charge in [0.15, 0.2) is 5.78 Å². The molecular weight excluding hydrogens is 326 g/mol. The summed E-state index contributed by atoms with van der Waals surface area (Å²) in [5, 5.41) is 0.681. The van der Waals surface area contributed by atoms with Crippen LogP contribution in [0.1, 0.15) is 30.6 Å². The molecule has 2 aromatic rings. The molecule has 0 atom stereocenters. The summed E-state index contributed by atoms with van der Waals surface area (Å²) in [7, 11) is 0. The van der Waals surface area contributed by atoms with Crippen molar-refractivity contribution in [2.45, 2.75) is 20.3 Å². The van der Waals surface area contributed by atoms with Gasteiger partial charge in [-0.1, -0.05) is 25.4 Å². The van der Waals surface area contributed by atoms with Crippen LogP contribution in [0.25, 0.3) is 0 Å². The van der Waals surface area contributed by atoms with Crippen molar-refractivity contribution >= 4 is 23.1 Å². The Balaban J connectivity index is 1.78. The number of benzene rings is 2. The zero-order valence-corrected chi connectivity index (χ0v) is 14.7. The fourth-order valence-electron chi connectivity index (χ4n) is 2.13. The molecule has 0 fully saturated rings. The van der Waals surface area contributed by atoms with Gasteiger partial charge in [0.1, 0.15) is 11.5 Å². The number of hydrogen-bond donors (Lipinski definition) is 1. The molecule has 2 N–H and O–H groups in total. The van der Waals surface area contributed by atoms with Crippen LogP contribution in [0.4, 0.5) is 5.69 Å². The lowest BCUT2D eigenvalue weighted by Crippen LogP contribution is -2.09. The average molecular weight is 348 g/mol. The molecule has 128 valence electrons. The summed E-state index contributed by atoms with van der Waals surface area (Å²) in [6.45, 7) is 4.74. The van der Waals surface area contributed by atoms with Gasteiger partial charge < -0.3 is 15.2 Å². The van der Waals surface area contributed by atoms with Gasteiger partial charge in [0, 0.05) is 22.9 Å². The molecule has 0 spiro atoms. The maximum atomic E-state index is 11.9. The third-order valence-corrected chi connectivity index (χ3v) is 3.70. The quantitative estimate of drug-likeness (QED) is 0.430. The monoisotopic (exact) mass is 347 g/mol. The molecule has 2 rings (SSSR count). The minimum Gasteiger partial charge on any atom is -0.493 e.